The molecular formula is C13H13FN2O2S. The summed E-state index contributed by atoms with van der Waals surface area (Å²) < 4.78 is 37.1. The highest BCUT2D eigenvalue weighted by atomic mass is 32.2. The Hall–Kier alpha value is -1.95. The van der Waals surface area contributed by atoms with Gasteiger partial charge in [0.05, 0.1) is 16.3 Å². The van der Waals surface area contributed by atoms with Crippen LogP contribution in [0.25, 0.3) is 0 Å². The Morgan fingerprint density at radius 3 is 2.63 bits per heavy atom. The SMILES string of the molecule is Nc1cc(F)ccc1S(=O)(=O)CCc1ccccn1. The van der Waals surface area contributed by atoms with Crippen LogP contribution < -0.4 is 5.73 Å². The van der Waals surface area contributed by atoms with Gasteiger partial charge in [-0.25, -0.2) is 12.8 Å². The van der Waals surface area contributed by atoms with Gasteiger partial charge in [0.25, 0.3) is 0 Å². The molecule has 0 aliphatic rings. The fraction of sp³-hybridized carbons (Fsp3) is 0.154. The molecule has 0 saturated carbocycles. The van der Waals surface area contributed by atoms with E-state index in [0.717, 1.165) is 12.1 Å². The number of nitrogens with two attached hydrogens (primary N) is 1. The van der Waals surface area contributed by atoms with Gasteiger partial charge in [0, 0.05) is 18.3 Å². The summed E-state index contributed by atoms with van der Waals surface area (Å²) in [6, 6.07) is 8.59. The van der Waals surface area contributed by atoms with E-state index in [1.807, 2.05) is 0 Å². The van der Waals surface area contributed by atoms with Crippen molar-refractivity contribution >= 4 is 15.5 Å². The molecule has 4 nitrogen and oxygen atoms in total. The molecule has 6 heteroatoms. The Morgan fingerprint density at radius 1 is 1.21 bits per heavy atom. The summed E-state index contributed by atoms with van der Waals surface area (Å²) in [6.45, 7) is 0. The minimum atomic E-state index is -3.54. The zero-order valence-corrected chi connectivity index (χ0v) is 10.9. The van der Waals surface area contributed by atoms with Crippen LogP contribution in [0.5, 0.6) is 0 Å². The van der Waals surface area contributed by atoms with Gasteiger partial charge in [-0.05, 0) is 30.3 Å². The Morgan fingerprint density at radius 2 is 2.00 bits per heavy atom. The van der Waals surface area contributed by atoms with Crippen molar-refractivity contribution in [1.82, 2.24) is 4.98 Å². The molecule has 0 bridgehead atoms. The van der Waals surface area contributed by atoms with E-state index < -0.39 is 15.7 Å². The van der Waals surface area contributed by atoms with Crippen molar-refractivity contribution in [3.05, 3.63) is 54.1 Å². The van der Waals surface area contributed by atoms with Crippen LogP contribution in [-0.4, -0.2) is 19.2 Å². The van der Waals surface area contributed by atoms with Crippen LogP contribution in [0.15, 0.2) is 47.5 Å². The Kier molecular flexibility index (Phi) is 3.80. The van der Waals surface area contributed by atoms with Crippen molar-refractivity contribution in [1.29, 1.82) is 0 Å². The van der Waals surface area contributed by atoms with E-state index in [1.165, 1.54) is 6.07 Å². The predicted molar refractivity (Wildman–Crippen MR) is 70.8 cm³/mol. The van der Waals surface area contributed by atoms with E-state index in [1.54, 1.807) is 24.4 Å². The monoisotopic (exact) mass is 280 g/mol. The first-order valence-corrected chi connectivity index (χ1v) is 7.32. The van der Waals surface area contributed by atoms with Gasteiger partial charge in [0.2, 0.25) is 0 Å². The van der Waals surface area contributed by atoms with Crippen molar-refractivity contribution in [2.24, 2.45) is 0 Å². The molecule has 0 radical (unpaired) electrons. The van der Waals surface area contributed by atoms with Crippen LogP contribution in [0, 0.1) is 5.82 Å². The van der Waals surface area contributed by atoms with E-state index in [0.29, 0.717) is 12.1 Å². The van der Waals surface area contributed by atoms with Crippen molar-refractivity contribution in [2.75, 3.05) is 11.5 Å². The van der Waals surface area contributed by atoms with E-state index in [4.69, 9.17) is 5.73 Å². The molecule has 0 unspecified atom stereocenters. The maximum Gasteiger partial charge on any atom is 0.180 e. The number of aromatic nitrogens is 1. The maximum atomic E-state index is 12.9. The minimum Gasteiger partial charge on any atom is -0.398 e. The van der Waals surface area contributed by atoms with Crippen LogP contribution in [-0.2, 0) is 16.3 Å². The van der Waals surface area contributed by atoms with Crippen LogP contribution in [0.1, 0.15) is 5.69 Å². The number of hydrogen-bond donors (Lipinski definition) is 1. The fourth-order valence-electron chi connectivity index (χ4n) is 1.70. The normalized spacial score (nSPS) is 11.4. The van der Waals surface area contributed by atoms with Gasteiger partial charge in [-0.1, -0.05) is 6.07 Å². The summed E-state index contributed by atoms with van der Waals surface area (Å²) in [5, 5.41) is 0. The third-order valence-corrected chi connectivity index (χ3v) is 4.44. The van der Waals surface area contributed by atoms with E-state index in [2.05, 4.69) is 4.98 Å². The van der Waals surface area contributed by atoms with Crippen LogP contribution in [0.2, 0.25) is 0 Å². The van der Waals surface area contributed by atoms with Gasteiger partial charge in [0.15, 0.2) is 9.84 Å². The molecule has 100 valence electrons. The molecule has 0 atom stereocenters. The fourth-order valence-corrected chi connectivity index (χ4v) is 3.09. The predicted octanol–water partition coefficient (Wildman–Crippen LogP) is 1.82. The molecule has 0 saturated heterocycles. The maximum absolute atomic E-state index is 12.9. The molecule has 1 aromatic heterocycles. The molecule has 1 heterocycles. The number of halogens is 1. The molecule has 0 spiro atoms. The molecular weight excluding hydrogens is 267 g/mol. The number of anilines is 1. The summed E-state index contributed by atoms with van der Waals surface area (Å²) in [5.41, 5.74) is 6.16. The van der Waals surface area contributed by atoms with Gasteiger partial charge < -0.3 is 5.73 Å². The van der Waals surface area contributed by atoms with Gasteiger partial charge in [-0.3, -0.25) is 4.98 Å². The number of pyridine rings is 1. The summed E-state index contributed by atoms with van der Waals surface area (Å²) in [5.74, 6) is -0.666. The molecule has 19 heavy (non-hydrogen) atoms. The molecule has 2 rings (SSSR count). The third kappa shape index (κ3) is 3.29. The van der Waals surface area contributed by atoms with Gasteiger partial charge in [-0.2, -0.15) is 0 Å². The highest BCUT2D eigenvalue weighted by molar-refractivity contribution is 7.91. The number of sulfone groups is 1. The minimum absolute atomic E-state index is 0.0372. The Bertz CT molecular complexity index is 672. The average molecular weight is 280 g/mol. The number of nitrogens with zero attached hydrogens (tertiary/aromatic N) is 1. The number of nitrogen functional groups attached to an aromatic ring is 1. The number of benzene rings is 1. The molecule has 2 aromatic rings. The molecule has 0 amide bonds. The lowest BCUT2D eigenvalue weighted by atomic mass is 10.3. The van der Waals surface area contributed by atoms with E-state index >= 15 is 0 Å². The Balaban J connectivity index is 2.19. The second kappa shape index (κ2) is 5.36. The first-order valence-electron chi connectivity index (χ1n) is 5.67. The molecule has 1 aromatic carbocycles. The second-order valence-corrected chi connectivity index (χ2v) is 6.15. The largest absolute Gasteiger partial charge is 0.398 e. The highest BCUT2D eigenvalue weighted by Crippen LogP contribution is 2.21. The van der Waals surface area contributed by atoms with Crippen molar-refractivity contribution in [2.45, 2.75) is 11.3 Å². The zero-order valence-electron chi connectivity index (χ0n) is 10.1. The lowest BCUT2D eigenvalue weighted by molar-refractivity contribution is 0.594. The zero-order chi connectivity index (χ0) is 13.9. The van der Waals surface area contributed by atoms with Crippen molar-refractivity contribution in [3.8, 4) is 0 Å². The quantitative estimate of drug-likeness (QED) is 0.685. The Labute approximate surface area is 111 Å². The lowest BCUT2D eigenvalue weighted by Crippen LogP contribution is -2.12. The average Bonchev–Trinajstić information content (AvgIpc) is 2.37. The van der Waals surface area contributed by atoms with Crippen molar-refractivity contribution in [3.63, 3.8) is 0 Å². The number of aryl methyl sites for hydroxylation is 1. The summed E-state index contributed by atoms with van der Waals surface area (Å²) >= 11 is 0. The first-order chi connectivity index (χ1) is 8.99. The summed E-state index contributed by atoms with van der Waals surface area (Å²) in [4.78, 5) is 4.02. The third-order valence-electron chi connectivity index (χ3n) is 2.66. The molecule has 0 aliphatic carbocycles. The van der Waals surface area contributed by atoms with E-state index in [9.17, 15) is 12.8 Å². The molecule has 0 aliphatic heterocycles. The van der Waals surface area contributed by atoms with Gasteiger partial charge in [0.1, 0.15) is 5.82 Å². The number of hydrogen-bond acceptors (Lipinski definition) is 4. The van der Waals surface area contributed by atoms with E-state index in [-0.39, 0.29) is 16.3 Å². The van der Waals surface area contributed by atoms with Crippen molar-refractivity contribution < 1.29 is 12.8 Å². The van der Waals surface area contributed by atoms with Crippen LogP contribution in [0.3, 0.4) is 0 Å². The smallest absolute Gasteiger partial charge is 0.180 e. The van der Waals surface area contributed by atoms with Crippen LogP contribution >= 0.6 is 0 Å². The second-order valence-electron chi connectivity index (χ2n) is 4.07. The highest BCUT2D eigenvalue weighted by Gasteiger charge is 2.18. The summed E-state index contributed by atoms with van der Waals surface area (Å²) in [7, 11) is -3.54. The molecule has 2 N–H and O–H groups in total. The first kappa shape index (κ1) is 13.5. The van der Waals surface area contributed by atoms with Crippen LogP contribution in [0.4, 0.5) is 10.1 Å². The summed E-state index contributed by atoms with van der Waals surface area (Å²) in [6.07, 6.45) is 1.90. The number of rotatable bonds is 4. The standard InChI is InChI=1S/C13H13FN2O2S/c14-10-4-5-13(12(15)9-10)19(17,18)8-6-11-3-1-2-7-16-11/h1-5,7,9H,6,8,15H2. The van der Waals surface area contributed by atoms with Gasteiger partial charge >= 0.3 is 0 Å². The molecule has 0 fully saturated rings. The lowest BCUT2D eigenvalue weighted by Gasteiger charge is -2.07. The van der Waals surface area contributed by atoms with Gasteiger partial charge in [-0.15, -0.1) is 0 Å². The topological polar surface area (TPSA) is 73.1 Å².